The molecule has 0 saturated heterocycles. The molecule has 0 unspecified atom stereocenters. The lowest BCUT2D eigenvalue weighted by Gasteiger charge is -2.30. The second-order valence-electron chi connectivity index (χ2n) is 15.3. The van der Waals surface area contributed by atoms with Crippen molar-refractivity contribution >= 4 is 17.1 Å². The first-order valence-electron chi connectivity index (χ1n) is 20.9. The largest absolute Gasteiger partial charge is 0.310 e. The summed E-state index contributed by atoms with van der Waals surface area (Å²) in [6, 6.07) is 94.0. The summed E-state index contributed by atoms with van der Waals surface area (Å²) in [6.07, 6.45) is 0. The maximum Gasteiger partial charge on any atom is 0.0546 e. The van der Waals surface area contributed by atoms with Crippen molar-refractivity contribution in [2.75, 3.05) is 4.90 Å². The van der Waals surface area contributed by atoms with Gasteiger partial charge in [0.1, 0.15) is 0 Å². The van der Waals surface area contributed by atoms with Gasteiger partial charge in [-0.2, -0.15) is 0 Å². The van der Waals surface area contributed by atoms with E-state index in [-0.39, 0.29) is 0 Å². The van der Waals surface area contributed by atoms with Gasteiger partial charge in [-0.1, -0.05) is 231 Å². The molecule has 61 heavy (non-hydrogen) atoms. The molecule has 0 radical (unpaired) electrons. The zero-order valence-corrected chi connectivity index (χ0v) is 33.8. The lowest BCUT2D eigenvalue weighted by molar-refractivity contribution is 1.28. The Morgan fingerprint density at radius 2 is 0.459 bits per heavy atom. The fourth-order valence-electron chi connectivity index (χ4n) is 8.44. The van der Waals surface area contributed by atoms with Gasteiger partial charge in [-0.3, -0.25) is 0 Å². The Kier molecular flexibility index (Phi) is 10.4. The Balaban J connectivity index is 1.11. The van der Waals surface area contributed by atoms with Gasteiger partial charge in [0.2, 0.25) is 0 Å². The van der Waals surface area contributed by atoms with Gasteiger partial charge in [-0.15, -0.1) is 0 Å². The van der Waals surface area contributed by atoms with Gasteiger partial charge in [-0.25, -0.2) is 0 Å². The average Bonchev–Trinajstić information content (AvgIpc) is 3.36. The van der Waals surface area contributed by atoms with Crippen LogP contribution in [0.4, 0.5) is 17.1 Å². The van der Waals surface area contributed by atoms with Crippen LogP contribution >= 0.6 is 0 Å². The number of rotatable bonds is 10. The molecule has 0 aliphatic rings. The number of nitrogens with zero attached hydrogens (tertiary/aromatic N) is 1. The highest BCUT2D eigenvalue weighted by Crippen LogP contribution is 2.48. The summed E-state index contributed by atoms with van der Waals surface area (Å²) < 4.78 is 0. The lowest BCUT2D eigenvalue weighted by Crippen LogP contribution is -2.12. The molecule has 0 bridgehead atoms. The third-order valence-corrected chi connectivity index (χ3v) is 11.6. The van der Waals surface area contributed by atoms with Crippen LogP contribution in [-0.4, -0.2) is 0 Å². The molecule has 288 valence electrons. The van der Waals surface area contributed by atoms with Crippen LogP contribution in [0.5, 0.6) is 0 Å². The van der Waals surface area contributed by atoms with Gasteiger partial charge >= 0.3 is 0 Å². The third kappa shape index (κ3) is 7.81. The first kappa shape index (κ1) is 37.3. The van der Waals surface area contributed by atoms with Crippen molar-refractivity contribution in [1.82, 2.24) is 0 Å². The van der Waals surface area contributed by atoms with Crippen LogP contribution in [0.1, 0.15) is 0 Å². The standard InChI is InChI=1S/C60H43N/c1-5-16-44(17-6-1)46-28-32-48(33-29-46)50-36-40-54(41-37-50)61(55-42-38-51(39-43-55)49-34-30-47(31-35-49)45-18-7-2-8-19-45)59-27-15-26-57(53-22-11-4-12-23-53)60(59)58-25-14-13-24-56(58)52-20-9-3-10-21-52/h1-43H. The first-order valence-corrected chi connectivity index (χ1v) is 20.9. The molecule has 0 aromatic heterocycles. The lowest BCUT2D eigenvalue weighted by atomic mass is 9.87. The Bertz CT molecular complexity index is 2870. The van der Waals surface area contributed by atoms with Crippen molar-refractivity contribution in [1.29, 1.82) is 0 Å². The Morgan fingerprint density at radius 3 is 0.852 bits per heavy atom. The second-order valence-corrected chi connectivity index (χ2v) is 15.3. The molecule has 0 aliphatic carbocycles. The van der Waals surface area contributed by atoms with E-state index in [9.17, 15) is 0 Å². The summed E-state index contributed by atoms with van der Waals surface area (Å²) in [5.41, 5.74) is 19.9. The maximum absolute atomic E-state index is 2.42. The molecule has 0 N–H and O–H groups in total. The molecule has 10 aromatic carbocycles. The minimum absolute atomic E-state index is 1.08. The molecule has 0 aliphatic heterocycles. The Labute approximate surface area is 359 Å². The summed E-state index contributed by atoms with van der Waals surface area (Å²) in [5, 5.41) is 0. The van der Waals surface area contributed by atoms with E-state index >= 15 is 0 Å². The molecule has 0 spiro atoms. The van der Waals surface area contributed by atoms with Gasteiger partial charge in [-0.05, 0) is 103 Å². The van der Waals surface area contributed by atoms with Crippen molar-refractivity contribution < 1.29 is 0 Å². The topological polar surface area (TPSA) is 3.24 Å². The second kappa shape index (κ2) is 17.1. The molecular weight excluding hydrogens is 735 g/mol. The Hall–Kier alpha value is -8.00. The summed E-state index contributed by atoms with van der Waals surface area (Å²) in [6.45, 7) is 0. The molecule has 0 atom stereocenters. The molecular formula is C60H43N. The van der Waals surface area contributed by atoms with Crippen molar-refractivity contribution in [3.05, 3.63) is 261 Å². The van der Waals surface area contributed by atoms with E-state index in [1.807, 2.05) is 0 Å². The van der Waals surface area contributed by atoms with Gasteiger partial charge in [0.15, 0.2) is 0 Å². The molecule has 0 fully saturated rings. The normalized spacial score (nSPS) is 11.0. The van der Waals surface area contributed by atoms with Crippen LogP contribution in [0, 0.1) is 0 Å². The predicted molar refractivity (Wildman–Crippen MR) is 259 cm³/mol. The van der Waals surface area contributed by atoms with Crippen LogP contribution in [0.2, 0.25) is 0 Å². The zero-order chi connectivity index (χ0) is 40.8. The number of hydrogen-bond acceptors (Lipinski definition) is 1. The molecule has 1 heteroatoms. The minimum atomic E-state index is 1.08. The van der Waals surface area contributed by atoms with E-state index in [4.69, 9.17) is 0 Å². The van der Waals surface area contributed by atoms with Gasteiger partial charge in [0, 0.05) is 16.9 Å². The zero-order valence-electron chi connectivity index (χ0n) is 33.8. The van der Waals surface area contributed by atoms with Crippen molar-refractivity contribution in [3.63, 3.8) is 0 Å². The average molecular weight is 778 g/mol. The number of anilines is 3. The highest BCUT2D eigenvalue weighted by molar-refractivity contribution is 6.01. The van der Waals surface area contributed by atoms with Crippen molar-refractivity contribution in [3.8, 4) is 77.9 Å². The number of hydrogen-bond donors (Lipinski definition) is 0. The maximum atomic E-state index is 2.42. The Morgan fingerprint density at radius 1 is 0.180 bits per heavy atom. The van der Waals surface area contributed by atoms with Gasteiger partial charge in [0.05, 0.1) is 5.69 Å². The smallest absolute Gasteiger partial charge is 0.0546 e. The summed E-state index contributed by atoms with van der Waals surface area (Å²) in [4.78, 5) is 2.42. The minimum Gasteiger partial charge on any atom is -0.310 e. The fraction of sp³-hybridized carbons (Fsp3) is 0. The summed E-state index contributed by atoms with van der Waals surface area (Å²) in [5.74, 6) is 0. The van der Waals surface area contributed by atoms with E-state index in [1.54, 1.807) is 0 Å². The van der Waals surface area contributed by atoms with Gasteiger partial charge < -0.3 is 4.90 Å². The highest BCUT2D eigenvalue weighted by atomic mass is 15.1. The molecule has 0 amide bonds. The fourth-order valence-corrected chi connectivity index (χ4v) is 8.44. The van der Waals surface area contributed by atoms with Crippen LogP contribution in [0.3, 0.4) is 0 Å². The quantitative estimate of drug-likeness (QED) is 0.134. The van der Waals surface area contributed by atoms with E-state index in [2.05, 4.69) is 266 Å². The monoisotopic (exact) mass is 777 g/mol. The first-order chi connectivity index (χ1) is 30.3. The molecule has 1 nitrogen and oxygen atoms in total. The van der Waals surface area contributed by atoms with E-state index in [1.165, 1.54) is 77.9 Å². The van der Waals surface area contributed by atoms with E-state index in [0.717, 1.165) is 17.1 Å². The SMILES string of the molecule is c1ccc(-c2ccc(-c3ccc(N(c4ccc(-c5ccc(-c6ccccc6)cc5)cc4)c4cccc(-c5ccccc5)c4-c4ccccc4-c4ccccc4)cc3)cc2)cc1. The van der Waals surface area contributed by atoms with Crippen LogP contribution < -0.4 is 4.90 Å². The molecule has 10 rings (SSSR count). The van der Waals surface area contributed by atoms with Crippen LogP contribution in [0.15, 0.2) is 261 Å². The summed E-state index contributed by atoms with van der Waals surface area (Å²) >= 11 is 0. The van der Waals surface area contributed by atoms with Crippen LogP contribution in [-0.2, 0) is 0 Å². The van der Waals surface area contributed by atoms with E-state index in [0.29, 0.717) is 0 Å². The third-order valence-electron chi connectivity index (χ3n) is 11.6. The number of benzene rings is 10. The highest BCUT2D eigenvalue weighted by Gasteiger charge is 2.23. The van der Waals surface area contributed by atoms with Gasteiger partial charge in [0.25, 0.3) is 0 Å². The summed E-state index contributed by atoms with van der Waals surface area (Å²) in [7, 11) is 0. The van der Waals surface area contributed by atoms with Crippen molar-refractivity contribution in [2.45, 2.75) is 0 Å². The molecule has 0 saturated carbocycles. The van der Waals surface area contributed by atoms with E-state index < -0.39 is 0 Å². The van der Waals surface area contributed by atoms with Crippen LogP contribution in [0.25, 0.3) is 77.9 Å². The predicted octanol–water partition coefficient (Wildman–Crippen LogP) is 16.8. The molecule has 10 aromatic rings. The molecule has 0 heterocycles. The van der Waals surface area contributed by atoms with Crippen molar-refractivity contribution in [2.24, 2.45) is 0 Å².